The van der Waals surface area contributed by atoms with Gasteiger partial charge in [0.05, 0.1) is 13.2 Å². The highest BCUT2D eigenvalue weighted by Crippen LogP contribution is 2.43. The van der Waals surface area contributed by atoms with Gasteiger partial charge in [0.2, 0.25) is 0 Å². The molecule has 0 amide bonds. The summed E-state index contributed by atoms with van der Waals surface area (Å²) in [5.41, 5.74) is 3.26. The Morgan fingerprint density at radius 1 is 0.931 bits per heavy atom. The van der Waals surface area contributed by atoms with Crippen LogP contribution in [-0.2, 0) is 25.5 Å². The van der Waals surface area contributed by atoms with E-state index in [9.17, 15) is 14.7 Å². The van der Waals surface area contributed by atoms with Crippen molar-refractivity contribution in [1.29, 1.82) is 0 Å². The normalized spacial score (nSPS) is 13.3. The number of carbonyl (C=O) groups excluding carboxylic acids is 2. The molecular weight excluding hydrogens is 368 g/mol. The fraction of sp³-hybridized carbons (Fsp3) is 0.333. The largest absolute Gasteiger partial charge is 0.463 e. The molecule has 2 aromatic carbocycles. The molecule has 0 bridgehead atoms. The predicted octanol–water partition coefficient (Wildman–Crippen LogP) is 3.52. The molecule has 29 heavy (non-hydrogen) atoms. The fourth-order valence-electron chi connectivity index (χ4n) is 3.71. The van der Waals surface area contributed by atoms with Crippen molar-refractivity contribution in [2.24, 2.45) is 0 Å². The van der Waals surface area contributed by atoms with Crippen LogP contribution in [-0.4, -0.2) is 35.9 Å². The third kappa shape index (κ3) is 3.70. The Morgan fingerprint density at radius 3 is 2.03 bits per heavy atom. The van der Waals surface area contributed by atoms with Gasteiger partial charge in [-0.05, 0) is 62.0 Å². The van der Waals surface area contributed by atoms with E-state index in [1.54, 1.807) is 13.8 Å². The Labute approximate surface area is 171 Å². The van der Waals surface area contributed by atoms with Gasteiger partial charge in [-0.3, -0.25) is 0 Å². The van der Waals surface area contributed by atoms with Crippen molar-refractivity contribution < 1.29 is 24.2 Å². The summed E-state index contributed by atoms with van der Waals surface area (Å²) < 4.78 is 10.2. The number of aliphatic hydroxyl groups is 1. The van der Waals surface area contributed by atoms with Gasteiger partial charge in [0.15, 0.2) is 0 Å². The number of fused-ring (bicyclic) bond motifs is 1. The maximum Gasteiger partial charge on any atom is 0.354 e. The van der Waals surface area contributed by atoms with Crippen molar-refractivity contribution in [3.05, 3.63) is 75.9 Å². The lowest BCUT2D eigenvalue weighted by molar-refractivity contribution is -0.178. The SMILES string of the molecule is CCOC(=O)C(O)(C(=O)OCC)C1=C(c2ccc(C)cc2)c2ccc(C)cc2C1. The van der Waals surface area contributed by atoms with Gasteiger partial charge in [-0.25, -0.2) is 9.59 Å². The minimum absolute atomic E-state index is 0.0414. The topological polar surface area (TPSA) is 72.8 Å². The van der Waals surface area contributed by atoms with E-state index < -0.39 is 17.5 Å². The number of hydrogen-bond acceptors (Lipinski definition) is 5. The van der Waals surface area contributed by atoms with Crippen LogP contribution in [0.4, 0.5) is 0 Å². The molecule has 0 saturated heterocycles. The number of hydrogen-bond donors (Lipinski definition) is 1. The lowest BCUT2D eigenvalue weighted by Crippen LogP contribution is -2.51. The van der Waals surface area contributed by atoms with Crippen molar-refractivity contribution in [2.45, 2.75) is 39.7 Å². The first-order chi connectivity index (χ1) is 13.8. The summed E-state index contributed by atoms with van der Waals surface area (Å²) in [6, 6.07) is 13.7. The van der Waals surface area contributed by atoms with E-state index >= 15 is 0 Å². The maximum atomic E-state index is 12.8. The molecule has 0 radical (unpaired) electrons. The van der Waals surface area contributed by atoms with Crippen LogP contribution in [0.25, 0.3) is 5.57 Å². The highest BCUT2D eigenvalue weighted by molar-refractivity contribution is 6.10. The van der Waals surface area contributed by atoms with Crippen molar-refractivity contribution in [3.63, 3.8) is 0 Å². The Bertz CT molecular complexity index is 951. The van der Waals surface area contributed by atoms with Gasteiger partial charge in [-0.15, -0.1) is 0 Å². The number of benzene rings is 2. The zero-order chi connectivity index (χ0) is 21.2. The van der Waals surface area contributed by atoms with Gasteiger partial charge < -0.3 is 14.6 Å². The first-order valence-electron chi connectivity index (χ1n) is 9.80. The van der Waals surface area contributed by atoms with E-state index in [1.807, 2.05) is 56.3 Å². The maximum absolute atomic E-state index is 12.8. The Balaban J connectivity index is 2.27. The predicted molar refractivity (Wildman–Crippen MR) is 110 cm³/mol. The lowest BCUT2D eigenvalue weighted by atomic mass is 9.86. The summed E-state index contributed by atoms with van der Waals surface area (Å²) in [6.07, 6.45) is 0.258. The summed E-state index contributed by atoms with van der Waals surface area (Å²) in [5, 5.41) is 11.4. The second-order valence-electron chi connectivity index (χ2n) is 7.21. The molecule has 1 aliphatic rings. The fourth-order valence-corrected chi connectivity index (χ4v) is 3.71. The second-order valence-corrected chi connectivity index (χ2v) is 7.21. The lowest BCUT2D eigenvalue weighted by Gasteiger charge is -2.26. The Morgan fingerprint density at radius 2 is 1.48 bits per heavy atom. The quantitative estimate of drug-likeness (QED) is 0.600. The first kappa shape index (κ1) is 20.8. The van der Waals surface area contributed by atoms with E-state index in [-0.39, 0.29) is 19.6 Å². The molecule has 0 saturated carbocycles. The zero-order valence-electron chi connectivity index (χ0n) is 17.2. The molecule has 0 atom stereocenters. The molecule has 0 aliphatic heterocycles. The highest BCUT2D eigenvalue weighted by Gasteiger charge is 2.53. The molecule has 0 heterocycles. The van der Waals surface area contributed by atoms with Crippen LogP contribution in [0.15, 0.2) is 48.0 Å². The molecule has 3 rings (SSSR count). The summed E-state index contributed by atoms with van der Waals surface area (Å²) in [7, 11) is 0. The van der Waals surface area contributed by atoms with Crippen LogP contribution in [0.2, 0.25) is 0 Å². The van der Waals surface area contributed by atoms with Crippen molar-refractivity contribution in [3.8, 4) is 0 Å². The molecule has 2 aromatic rings. The summed E-state index contributed by atoms with van der Waals surface area (Å²) in [5.74, 6) is -2.02. The Hall–Kier alpha value is -2.92. The second kappa shape index (κ2) is 8.21. The summed E-state index contributed by atoms with van der Waals surface area (Å²) in [4.78, 5) is 25.6. The minimum atomic E-state index is -2.50. The van der Waals surface area contributed by atoms with Gasteiger partial charge in [-0.2, -0.15) is 0 Å². The van der Waals surface area contributed by atoms with Gasteiger partial charge in [0.1, 0.15) is 0 Å². The average Bonchev–Trinajstić information content (AvgIpc) is 3.07. The molecule has 5 heteroatoms. The molecule has 1 aliphatic carbocycles. The number of esters is 2. The van der Waals surface area contributed by atoms with Gasteiger partial charge in [-0.1, -0.05) is 53.6 Å². The third-order valence-electron chi connectivity index (χ3n) is 5.12. The molecule has 0 spiro atoms. The molecule has 0 aromatic heterocycles. The van der Waals surface area contributed by atoms with Crippen molar-refractivity contribution in [2.75, 3.05) is 13.2 Å². The van der Waals surface area contributed by atoms with Crippen LogP contribution in [0.3, 0.4) is 0 Å². The number of ether oxygens (including phenoxy) is 2. The summed E-state index contributed by atoms with van der Waals surface area (Å²) >= 11 is 0. The smallest absolute Gasteiger partial charge is 0.354 e. The number of rotatable bonds is 6. The van der Waals surface area contributed by atoms with Gasteiger partial charge in [0, 0.05) is 0 Å². The van der Waals surface area contributed by atoms with Gasteiger partial charge in [0.25, 0.3) is 5.60 Å². The average molecular weight is 394 g/mol. The van der Waals surface area contributed by atoms with Crippen LogP contribution >= 0.6 is 0 Å². The number of carbonyl (C=O) groups is 2. The molecule has 1 N–H and O–H groups in total. The van der Waals surface area contributed by atoms with Crippen LogP contribution in [0.1, 0.15) is 41.7 Å². The standard InChI is InChI=1S/C24H26O5/c1-5-28-22(25)24(27,23(26)29-6-2)20-14-18-13-16(4)9-12-19(18)21(20)17-10-7-15(3)8-11-17/h7-13,27H,5-6,14H2,1-4H3. The zero-order valence-corrected chi connectivity index (χ0v) is 17.2. The summed E-state index contributed by atoms with van der Waals surface area (Å²) in [6.45, 7) is 7.31. The first-order valence-corrected chi connectivity index (χ1v) is 9.80. The van der Waals surface area contributed by atoms with E-state index in [2.05, 4.69) is 0 Å². The molecule has 0 fully saturated rings. The van der Waals surface area contributed by atoms with Crippen LogP contribution in [0.5, 0.6) is 0 Å². The molecule has 0 unspecified atom stereocenters. The molecule has 152 valence electrons. The van der Waals surface area contributed by atoms with E-state index in [4.69, 9.17) is 9.47 Å². The Kier molecular flexibility index (Phi) is 5.89. The highest BCUT2D eigenvalue weighted by atomic mass is 16.6. The van der Waals surface area contributed by atoms with E-state index in [0.29, 0.717) is 11.1 Å². The van der Waals surface area contributed by atoms with Crippen LogP contribution in [0, 0.1) is 13.8 Å². The van der Waals surface area contributed by atoms with Crippen molar-refractivity contribution >= 4 is 17.5 Å². The van der Waals surface area contributed by atoms with E-state index in [0.717, 1.165) is 27.8 Å². The third-order valence-corrected chi connectivity index (χ3v) is 5.12. The van der Waals surface area contributed by atoms with E-state index in [1.165, 1.54) is 0 Å². The molecular formula is C24H26O5. The van der Waals surface area contributed by atoms with Crippen molar-refractivity contribution in [1.82, 2.24) is 0 Å². The minimum Gasteiger partial charge on any atom is -0.463 e. The van der Waals surface area contributed by atoms with Crippen LogP contribution < -0.4 is 0 Å². The molecule has 5 nitrogen and oxygen atoms in total. The number of aryl methyl sites for hydroxylation is 2. The van der Waals surface area contributed by atoms with Gasteiger partial charge >= 0.3 is 11.9 Å². The monoisotopic (exact) mass is 394 g/mol.